The number of carbonyl (C=O) groups excluding carboxylic acids is 1. The van der Waals surface area contributed by atoms with Crippen LogP contribution in [0.1, 0.15) is 57.8 Å². The Labute approximate surface area is 181 Å². The van der Waals surface area contributed by atoms with Gasteiger partial charge in [0.05, 0.1) is 5.39 Å². The van der Waals surface area contributed by atoms with E-state index in [1.807, 2.05) is 19.9 Å². The average molecular weight is 427 g/mol. The van der Waals surface area contributed by atoms with E-state index in [1.165, 1.54) is 0 Å². The topological polar surface area (TPSA) is 97.0 Å². The summed E-state index contributed by atoms with van der Waals surface area (Å²) in [6.07, 6.45) is -0.209. The molecule has 0 amide bonds. The Bertz CT molecular complexity index is 1120. The SMILES string of the molecule is CC1=C(C(=O)[C@H](O)C(C)C)O[C@H](c2c(O)c3c(C)cccc3oc2=O)[C@H]2[C@@H]1CC[C@@H]2C. The first-order valence-corrected chi connectivity index (χ1v) is 11.0. The Hall–Kier alpha value is -2.60. The molecule has 1 aliphatic heterocycles. The Morgan fingerprint density at radius 2 is 1.90 bits per heavy atom. The summed E-state index contributed by atoms with van der Waals surface area (Å²) in [6, 6.07) is 5.25. The molecule has 1 aromatic heterocycles. The first-order valence-electron chi connectivity index (χ1n) is 11.0. The van der Waals surface area contributed by atoms with Crippen molar-refractivity contribution < 1.29 is 24.2 Å². The number of ether oxygens (including phenoxy) is 1. The molecule has 5 atom stereocenters. The van der Waals surface area contributed by atoms with Crippen LogP contribution in [0.2, 0.25) is 0 Å². The summed E-state index contributed by atoms with van der Waals surface area (Å²) in [7, 11) is 0. The second kappa shape index (κ2) is 7.83. The van der Waals surface area contributed by atoms with Crippen molar-refractivity contribution in [3.63, 3.8) is 0 Å². The predicted molar refractivity (Wildman–Crippen MR) is 117 cm³/mol. The lowest BCUT2D eigenvalue weighted by molar-refractivity contribution is -0.132. The van der Waals surface area contributed by atoms with Crippen LogP contribution in [0, 0.1) is 30.6 Å². The van der Waals surface area contributed by atoms with Crippen molar-refractivity contribution in [3.8, 4) is 5.75 Å². The molecule has 6 nitrogen and oxygen atoms in total. The summed E-state index contributed by atoms with van der Waals surface area (Å²) in [4.78, 5) is 26.0. The van der Waals surface area contributed by atoms with Gasteiger partial charge in [-0.1, -0.05) is 32.9 Å². The largest absolute Gasteiger partial charge is 0.506 e. The Kier molecular flexibility index (Phi) is 5.46. The highest BCUT2D eigenvalue weighted by atomic mass is 16.5. The molecular weight excluding hydrogens is 396 g/mol. The number of ketones is 1. The Morgan fingerprint density at radius 1 is 1.19 bits per heavy atom. The number of aryl methyl sites for hydroxylation is 1. The van der Waals surface area contributed by atoms with Gasteiger partial charge in [0.25, 0.3) is 0 Å². The minimum Gasteiger partial charge on any atom is -0.506 e. The van der Waals surface area contributed by atoms with Crippen LogP contribution in [0.3, 0.4) is 0 Å². The number of fused-ring (bicyclic) bond motifs is 2. The van der Waals surface area contributed by atoms with Gasteiger partial charge in [0.2, 0.25) is 5.78 Å². The second-order valence-corrected chi connectivity index (χ2v) is 9.44. The number of rotatable bonds is 4. The monoisotopic (exact) mass is 426 g/mol. The molecule has 2 N–H and O–H groups in total. The molecule has 1 aliphatic carbocycles. The van der Waals surface area contributed by atoms with E-state index in [1.54, 1.807) is 26.0 Å². The molecule has 0 unspecified atom stereocenters. The van der Waals surface area contributed by atoms with E-state index in [-0.39, 0.29) is 40.7 Å². The van der Waals surface area contributed by atoms with Crippen LogP contribution in [0.5, 0.6) is 5.75 Å². The summed E-state index contributed by atoms with van der Waals surface area (Å²) in [6.45, 7) is 9.36. The van der Waals surface area contributed by atoms with Crippen molar-refractivity contribution in [1.29, 1.82) is 0 Å². The lowest BCUT2D eigenvalue weighted by atomic mass is 9.76. The smallest absolute Gasteiger partial charge is 0.347 e. The number of hydrogen-bond acceptors (Lipinski definition) is 6. The lowest BCUT2D eigenvalue weighted by Gasteiger charge is -2.38. The maximum absolute atomic E-state index is 13.0. The fourth-order valence-corrected chi connectivity index (χ4v) is 5.31. The van der Waals surface area contributed by atoms with E-state index in [4.69, 9.17) is 9.15 Å². The molecule has 4 rings (SSSR count). The lowest BCUT2D eigenvalue weighted by Crippen LogP contribution is -2.37. The summed E-state index contributed by atoms with van der Waals surface area (Å²) >= 11 is 0. The van der Waals surface area contributed by atoms with E-state index in [0.717, 1.165) is 24.0 Å². The van der Waals surface area contributed by atoms with Gasteiger partial charge in [-0.2, -0.15) is 0 Å². The fraction of sp³-hybridized carbons (Fsp3) is 0.520. The first-order chi connectivity index (χ1) is 14.6. The molecule has 0 spiro atoms. The van der Waals surface area contributed by atoms with Gasteiger partial charge in [0.15, 0.2) is 5.76 Å². The van der Waals surface area contributed by atoms with Crippen LogP contribution in [0.25, 0.3) is 11.0 Å². The third kappa shape index (κ3) is 3.37. The zero-order valence-corrected chi connectivity index (χ0v) is 18.6. The number of hydrogen-bond donors (Lipinski definition) is 2. The zero-order chi connectivity index (χ0) is 22.6. The van der Waals surface area contributed by atoms with Crippen LogP contribution in [0.15, 0.2) is 38.7 Å². The van der Waals surface area contributed by atoms with Crippen LogP contribution < -0.4 is 5.63 Å². The van der Waals surface area contributed by atoms with Crippen LogP contribution in [0.4, 0.5) is 0 Å². The van der Waals surface area contributed by atoms with Crippen molar-refractivity contribution in [2.45, 2.75) is 59.7 Å². The molecule has 2 heterocycles. The number of Topliss-reactive ketones (excluding diaryl/α,β-unsaturated/α-hetero) is 1. The number of aliphatic hydroxyl groups excluding tert-OH is 1. The van der Waals surface area contributed by atoms with Gasteiger partial charge in [0, 0.05) is 5.92 Å². The van der Waals surface area contributed by atoms with E-state index >= 15 is 0 Å². The van der Waals surface area contributed by atoms with Gasteiger partial charge in [0.1, 0.15) is 29.1 Å². The molecule has 0 bridgehead atoms. The average Bonchev–Trinajstić information content (AvgIpc) is 3.10. The number of benzene rings is 1. The van der Waals surface area contributed by atoms with Crippen molar-refractivity contribution in [2.75, 3.05) is 0 Å². The molecule has 0 saturated heterocycles. The number of carbonyl (C=O) groups is 1. The zero-order valence-electron chi connectivity index (χ0n) is 18.6. The van der Waals surface area contributed by atoms with Crippen LogP contribution in [-0.2, 0) is 9.53 Å². The normalized spacial score (nSPS) is 26.8. The summed E-state index contributed by atoms with van der Waals surface area (Å²) in [5.74, 6) is -0.564. The number of allylic oxidation sites excluding steroid dienone is 1. The van der Waals surface area contributed by atoms with Gasteiger partial charge in [-0.3, -0.25) is 4.79 Å². The Morgan fingerprint density at radius 3 is 2.58 bits per heavy atom. The van der Waals surface area contributed by atoms with Gasteiger partial charge in [-0.25, -0.2) is 4.79 Å². The van der Waals surface area contributed by atoms with E-state index in [0.29, 0.717) is 11.0 Å². The maximum Gasteiger partial charge on any atom is 0.347 e. The highest BCUT2D eigenvalue weighted by molar-refractivity contribution is 5.98. The second-order valence-electron chi connectivity index (χ2n) is 9.44. The van der Waals surface area contributed by atoms with Crippen molar-refractivity contribution in [2.24, 2.45) is 23.7 Å². The predicted octanol–water partition coefficient (Wildman–Crippen LogP) is 4.40. The molecule has 1 saturated carbocycles. The molecule has 2 aromatic rings. The van der Waals surface area contributed by atoms with Gasteiger partial charge in [-0.15, -0.1) is 0 Å². The van der Waals surface area contributed by atoms with E-state index in [2.05, 4.69) is 6.92 Å². The minimum absolute atomic E-state index is 0.0402. The standard InChI is InChI=1S/C25H30O6/c1-11(2)20(26)22(28)23-14(5)15-10-9-13(4)17(15)24(31-23)19-21(27)18-12(3)7-6-8-16(18)30-25(19)29/h6-8,11,13,15,17,20,24,26-27H,9-10H2,1-5H3/t13-,15+,17+,20+,24-/m0/s1. The Balaban J connectivity index is 1.90. The highest BCUT2D eigenvalue weighted by Gasteiger charge is 2.49. The minimum atomic E-state index is -1.19. The van der Waals surface area contributed by atoms with Crippen LogP contribution in [-0.4, -0.2) is 22.1 Å². The molecule has 166 valence electrons. The highest BCUT2D eigenvalue weighted by Crippen LogP contribution is 2.54. The first kappa shape index (κ1) is 21.6. The maximum atomic E-state index is 13.0. The van der Waals surface area contributed by atoms with E-state index in [9.17, 15) is 19.8 Å². The fourth-order valence-electron chi connectivity index (χ4n) is 5.31. The van der Waals surface area contributed by atoms with Gasteiger partial charge in [-0.05, 0) is 61.6 Å². The molecular formula is C25H30O6. The van der Waals surface area contributed by atoms with Crippen molar-refractivity contribution in [3.05, 3.63) is 51.1 Å². The van der Waals surface area contributed by atoms with E-state index < -0.39 is 23.6 Å². The molecule has 1 aromatic carbocycles. The van der Waals surface area contributed by atoms with Gasteiger partial charge < -0.3 is 19.4 Å². The summed E-state index contributed by atoms with van der Waals surface area (Å²) < 4.78 is 11.8. The molecule has 2 aliphatic rings. The molecule has 1 fully saturated rings. The number of aliphatic hydroxyl groups is 1. The third-order valence-corrected chi connectivity index (χ3v) is 7.12. The van der Waals surface area contributed by atoms with Crippen LogP contribution >= 0.6 is 0 Å². The summed E-state index contributed by atoms with van der Waals surface area (Å²) in [5, 5.41) is 22.1. The quantitative estimate of drug-likeness (QED) is 0.704. The molecule has 6 heteroatoms. The third-order valence-electron chi connectivity index (χ3n) is 7.12. The molecule has 0 radical (unpaired) electrons. The summed E-state index contributed by atoms with van der Waals surface area (Å²) in [5.41, 5.74) is 1.31. The molecule has 31 heavy (non-hydrogen) atoms. The van der Waals surface area contributed by atoms with Crippen molar-refractivity contribution in [1.82, 2.24) is 0 Å². The number of aromatic hydroxyl groups is 1. The van der Waals surface area contributed by atoms with Gasteiger partial charge >= 0.3 is 5.63 Å². The van der Waals surface area contributed by atoms with Crippen molar-refractivity contribution >= 4 is 16.8 Å².